The lowest BCUT2D eigenvalue weighted by molar-refractivity contribution is -0.149. The zero-order valence-electron chi connectivity index (χ0n) is 19.8. The lowest BCUT2D eigenvalue weighted by atomic mass is 9.86. The molecule has 3 N–H and O–H groups in total. The van der Waals surface area contributed by atoms with Gasteiger partial charge in [0.25, 0.3) is 0 Å². The van der Waals surface area contributed by atoms with Crippen LogP contribution in [-0.4, -0.2) is 34.5 Å². The van der Waals surface area contributed by atoms with Crippen molar-refractivity contribution in [3.63, 3.8) is 0 Å². The number of fused-ring (bicyclic) bond motifs is 2. The first-order valence-electron chi connectivity index (χ1n) is 11.7. The van der Waals surface area contributed by atoms with Crippen LogP contribution in [0.5, 0.6) is 0 Å². The molecule has 0 radical (unpaired) electrons. The first-order chi connectivity index (χ1) is 15.6. The van der Waals surface area contributed by atoms with Crippen molar-refractivity contribution in [1.29, 1.82) is 0 Å². The van der Waals surface area contributed by atoms with E-state index in [1.54, 1.807) is 33.8 Å². The third kappa shape index (κ3) is 4.64. The highest BCUT2D eigenvalue weighted by Gasteiger charge is 2.41. The zero-order valence-corrected chi connectivity index (χ0v) is 20.7. The number of anilines is 1. The molecule has 178 valence electrons. The molecule has 1 atom stereocenters. The molecule has 1 unspecified atom stereocenters. The van der Waals surface area contributed by atoms with E-state index in [9.17, 15) is 9.90 Å². The number of carbonyl (C=O) groups excluding carboxylic acids is 1. The van der Waals surface area contributed by atoms with Crippen molar-refractivity contribution in [2.24, 2.45) is 0 Å². The summed E-state index contributed by atoms with van der Waals surface area (Å²) in [7, 11) is 0. The molecule has 2 aromatic rings. The number of ether oxygens (including phenoxy) is 1. The molecule has 0 bridgehead atoms. The molecule has 2 aliphatic rings. The maximum atomic E-state index is 12.9. The fraction of sp³-hybridized carbons (Fsp3) is 0.560. The fourth-order valence-electron chi connectivity index (χ4n) is 4.76. The van der Waals surface area contributed by atoms with Gasteiger partial charge in [-0.05, 0) is 101 Å². The van der Waals surface area contributed by atoms with Gasteiger partial charge in [0.1, 0.15) is 16.7 Å². The molecule has 1 heterocycles. The van der Waals surface area contributed by atoms with Gasteiger partial charge in [-0.2, -0.15) is 0 Å². The van der Waals surface area contributed by atoms with Crippen molar-refractivity contribution in [3.05, 3.63) is 45.8 Å². The van der Waals surface area contributed by atoms with Gasteiger partial charge < -0.3 is 25.0 Å². The van der Waals surface area contributed by atoms with Crippen molar-refractivity contribution >= 4 is 29.0 Å². The average molecular weight is 472 g/mol. The van der Waals surface area contributed by atoms with Crippen LogP contribution in [-0.2, 0) is 46.2 Å². The van der Waals surface area contributed by atoms with E-state index in [4.69, 9.17) is 21.5 Å². The number of aromatic nitrogens is 1. The van der Waals surface area contributed by atoms with E-state index < -0.39 is 17.0 Å². The van der Waals surface area contributed by atoms with Gasteiger partial charge in [0.05, 0.1) is 6.61 Å². The molecule has 0 amide bonds. The lowest BCUT2D eigenvalue weighted by Gasteiger charge is -2.26. The normalized spacial score (nSPS) is 16.6. The number of thiocarbonyl (C=S) groups is 1. The highest BCUT2D eigenvalue weighted by molar-refractivity contribution is 7.80. The fourth-order valence-corrected chi connectivity index (χ4v) is 4.94. The van der Waals surface area contributed by atoms with Crippen LogP contribution in [0.15, 0.2) is 16.7 Å². The topological polar surface area (TPSA) is 96.6 Å². The predicted molar refractivity (Wildman–Crippen MR) is 130 cm³/mol. The van der Waals surface area contributed by atoms with E-state index in [1.165, 1.54) is 35.1 Å². The Kier molecular flexibility index (Phi) is 6.51. The quantitative estimate of drug-likeness (QED) is 0.416. The molecule has 0 saturated carbocycles. The molecule has 8 heteroatoms. The minimum atomic E-state index is -1.21. The van der Waals surface area contributed by atoms with Crippen LogP contribution in [0, 0.1) is 0 Å². The van der Waals surface area contributed by atoms with Gasteiger partial charge >= 0.3 is 5.97 Å². The number of carbonyl (C=O) groups is 1. The van der Waals surface area contributed by atoms with Crippen LogP contribution < -0.4 is 10.6 Å². The van der Waals surface area contributed by atoms with E-state index in [0.717, 1.165) is 31.4 Å². The Morgan fingerprint density at radius 3 is 2.33 bits per heavy atom. The monoisotopic (exact) mass is 471 g/mol. The number of benzene rings is 1. The largest absolute Gasteiger partial charge is 0.465 e. The zero-order chi connectivity index (χ0) is 23.8. The summed E-state index contributed by atoms with van der Waals surface area (Å²) < 4.78 is 10.7. The second-order valence-corrected chi connectivity index (χ2v) is 10.1. The Labute approximate surface area is 200 Å². The number of hydrogen-bond donors (Lipinski definition) is 3. The van der Waals surface area contributed by atoms with Gasteiger partial charge in [-0.1, -0.05) is 11.2 Å². The standard InChI is InChI=1S/C25H33N3O4S/c1-5-31-22(29)25(4,19-13-20(32-28-19)24(2,3)30)14-26-23(33)27-21-17-10-6-8-15(17)12-16-9-7-11-18(16)21/h12-13,30H,5-11,14H2,1-4H3,(H2,26,27,33). The number of nitrogens with one attached hydrogen (secondary N) is 2. The van der Waals surface area contributed by atoms with Crippen LogP contribution >= 0.6 is 12.2 Å². The number of hydrogen-bond acceptors (Lipinski definition) is 6. The summed E-state index contributed by atoms with van der Waals surface area (Å²) in [4.78, 5) is 12.9. The first kappa shape index (κ1) is 23.7. The third-order valence-corrected chi connectivity index (χ3v) is 6.96. The molecule has 33 heavy (non-hydrogen) atoms. The molecule has 1 aromatic carbocycles. The summed E-state index contributed by atoms with van der Waals surface area (Å²) in [5.74, 6) is -0.151. The number of aryl methyl sites for hydroxylation is 2. The predicted octanol–water partition coefficient (Wildman–Crippen LogP) is 3.69. The van der Waals surface area contributed by atoms with E-state index in [-0.39, 0.29) is 18.9 Å². The lowest BCUT2D eigenvalue weighted by Crippen LogP contribution is -2.46. The van der Waals surface area contributed by atoms with Gasteiger partial charge in [-0.3, -0.25) is 4.79 Å². The van der Waals surface area contributed by atoms with E-state index in [2.05, 4.69) is 21.9 Å². The summed E-state index contributed by atoms with van der Waals surface area (Å²) in [6, 6.07) is 3.99. The second-order valence-electron chi connectivity index (χ2n) is 9.73. The van der Waals surface area contributed by atoms with E-state index >= 15 is 0 Å². The molecule has 0 spiro atoms. The van der Waals surface area contributed by atoms with Crippen molar-refractivity contribution in [2.45, 2.75) is 77.2 Å². The molecule has 7 nitrogen and oxygen atoms in total. The Bertz CT molecular complexity index is 1040. The molecular weight excluding hydrogens is 438 g/mol. The Hall–Kier alpha value is -2.45. The van der Waals surface area contributed by atoms with Crippen molar-refractivity contribution in [2.75, 3.05) is 18.5 Å². The van der Waals surface area contributed by atoms with Gasteiger partial charge in [-0.15, -0.1) is 0 Å². The number of nitrogens with zero attached hydrogens (tertiary/aromatic N) is 1. The summed E-state index contributed by atoms with van der Waals surface area (Å²) in [6.45, 7) is 7.13. The van der Waals surface area contributed by atoms with Crippen LogP contribution in [0.1, 0.15) is 74.2 Å². The molecule has 0 saturated heterocycles. The van der Waals surface area contributed by atoms with Crippen LogP contribution in [0.3, 0.4) is 0 Å². The summed E-state index contributed by atoms with van der Waals surface area (Å²) in [6.07, 6.45) is 6.70. The maximum Gasteiger partial charge on any atom is 0.319 e. The van der Waals surface area contributed by atoms with Gasteiger partial charge in [0.2, 0.25) is 0 Å². The van der Waals surface area contributed by atoms with Crippen molar-refractivity contribution < 1.29 is 19.2 Å². The van der Waals surface area contributed by atoms with Crippen molar-refractivity contribution in [1.82, 2.24) is 10.5 Å². The Morgan fingerprint density at radius 1 is 1.15 bits per heavy atom. The van der Waals surface area contributed by atoms with Gasteiger partial charge in [-0.25, -0.2) is 0 Å². The molecule has 4 rings (SSSR count). The minimum absolute atomic E-state index is 0.173. The van der Waals surface area contributed by atoms with Crippen LogP contribution in [0.4, 0.5) is 5.69 Å². The summed E-state index contributed by atoms with van der Waals surface area (Å²) >= 11 is 5.65. The second kappa shape index (κ2) is 9.06. The van der Waals surface area contributed by atoms with Crippen LogP contribution in [0.25, 0.3) is 0 Å². The number of esters is 1. The highest BCUT2D eigenvalue weighted by Crippen LogP contribution is 2.38. The minimum Gasteiger partial charge on any atom is -0.465 e. The number of aliphatic hydroxyl groups is 1. The first-order valence-corrected chi connectivity index (χ1v) is 12.1. The Balaban J connectivity index is 1.54. The molecular formula is C25H33N3O4S. The highest BCUT2D eigenvalue weighted by atomic mass is 32.1. The number of rotatable bonds is 7. The molecule has 0 aliphatic heterocycles. The van der Waals surface area contributed by atoms with Crippen molar-refractivity contribution in [3.8, 4) is 0 Å². The van der Waals surface area contributed by atoms with Crippen LogP contribution in [0.2, 0.25) is 0 Å². The van der Waals surface area contributed by atoms with E-state index in [0.29, 0.717) is 10.8 Å². The summed E-state index contributed by atoms with van der Waals surface area (Å²) in [5, 5.41) is 21.5. The smallest absolute Gasteiger partial charge is 0.319 e. The van der Waals surface area contributed by atoms with Gasteiger partial charge in [0.15, 0.2) is 10.9 Å². The third-order valence-electron chi connectivity index (χ3n) is 6.72. The summed E-state index contributed by atoms with van der Waals surface area (Å²) in [5.41, 5.74) is 4.79. The molecule has 2 aliphatic carbocycles. The van der Waals surface area contributed by atoms with Gasteiger partial charge in [0, 0.05) is 18.3 Å². The Morgan fingerprint density at radius 2 is 1.79 bits per heavy atom. The van der Waals surface area contributed by atoms with E-state index in [1.807, 2.05) is 0 Å². The average Bonchev–Trinajstić information content (AvgIpc) is 3.51. The SMILES string of the molecule is CCOC(=O)C(C)(CNC(=S)Nc1c2c(cc3c1CCC3)CCC2)c1cc(C(C)(C)O)on1. The maximum absolute atomic E-state index is 12.9. The molecule has 1 aromatic heterocycles. The molecule has 0 fully saturated rings.